The van der Waals surface area contributed by atoms with Gasteiger partial charge in [-0.2, -0.15) is 0 Å². The fourth-order valence-corrected chi connectivity index (χ4v) is 2.82. The van der Waals surface area contributed by atoms with Crippen LogP contribution in [-0.2, 0) is 6.54 Å². The summed E-state index contributed by atoms with van der Waals surface area (Å²) in [5.74, 6) is 0. The highest BCUT2D eigenvalue weighted by molar-refractivity contribution is 7.99. The SMILES string of the molecule is CCCn1c(SC(C)c2ccc(N)cc2)n[nH]c1=O. The monoisotopic (exact) mass is 278 g/mol. The molecule has 1 aromatic carbocycles. The van der Waals surface area contributed by atoms with Crippen LogP contribution in [0.15, 0.2) is 34.2 Å². The molecule has 5 nitrogen and oxygen atoms in total. The number of nitrogens with one attached hydrogen (secondary N) is 1. The minimum absolute atomic E-state index is 0.145. The Bertz CT molecular complexity index is 587. The molecule has 0 radical (unpaired) electrons. The molecule has 0 aliphatic heterocycles. The number of hydrogen-bond donors (Lipinski definition) is 2. The number of aromatic amines is 1. The summed E-state index contributed by atoms with van der Waals surface area (Å²) in [6.07, 6.45) is 0.906. The van der Waals surface area contributed by atoms with E-state index >= 15 is 0 Å². The quantitative estimate of drug-likeness (QED) is 0.650. The van der Waals surface area contributed by atoms with Gasteiger partial charge in [0, 0.05) is 17.5 Å². The van der Waals surface area contributed by atoms with Crippen molar-refractivity contribution in [3.63, 3.8) is 0 Å². The topological polar surface area (TPSA) is 76.7 Å². The summed E-state index contributed by atoms with van der Waals surface area (Å²) in [5, 5.41) is 7.53. The number of aromatic nitrogens is 3. The molecule has 0 saturated heterocycles. The molecule has 6 heteroatoms. The third-order valence-corrected chi connectivity index (χ3v) is 4.01. The van der Waals surface area contributed by atoms with Gasteiger partial charge in [-0.25, -0.2) is 9.89 Å². The Morgan fingerprint density at radius 2 is 2.11 bits per heavy atom. The molecular weight excluding hydrogens is 260 g/mol. The van der Waals surface area contributed by atoms with Crippen LogP contribution in [0.4, 0.5) is 5.69 Å². The Morgan fingerprint density at radius 3 is 2.74 bits per heavy atom. The number of benzene rings is 1. The first kappa shape index (κ1) is 13.7. The van der Waals surface area contributed by atoms with Crippen molar-refractivity contribution in [3.05, 3.63) is 40.3 Å². The number of hydrogen-bond acceptors (Lipinski definition) is 4. The van der Waals surface area contributed by atoms with Crippen molar-refractivity contribution >= 4 is 17.4 Å². The molecule has 0 bridgehead atoms. The lowest BCUT2D eigenvalue weighted by atomic mass is 10.1. The van der Waals surface area contributed by atoms with E-state index in [4.69, 9.17) is 5.73 Å². The van der Waals surface area contributed by atoms with Gasteiger partial charge in [0.1, 0.15) is 0 Å². The van der Waals surface area contributed by atoms with Gasteiger partial charge in [-0.3, -0.25) is 4.57 Å². The number of anilines is 1. The van der Waals surface area contributed by atoms with Gasteiger partial charge >= 0.3 is 5.69 Å². The van der Waals surface area contributed by atoms with Crippen LogP contribution in [0.1, 0.15) is 31.1 Å². The molecule has 102 valence electrons. The first-order valence-corrected chi connectivity index (χ1v) is 7.17. The van der Waals surface area contributed by atoms with Crippen molar-refractivity contribution in [2.24, 2.45) is 0 Å². The summed E-state index contributed by atoms with van der Waals surface area (Å²) in [6.45, 7) is 4.81. The molecule has 2 aromatic rings. The van der Waals surface area contributed by atoms with E-state index in [1.54, 1.807) is 16.3 Å². The molecule has 0 amide bonds. The van der Waals surface area contributed by atoms with Crippen LogP contribution in [0, 0.1) is 0 Å². The van der Waals surface area contributed by atoms with E-state index in [-0.39, 0.29) is 10.9 Å². The molecule has 0 aliphatic rings. The minimum atomic E-state index is -0.145. The van der Waals surface area contributed by atoms with E-state index in [1.807, 2.05) is 31.2 Å². The van der Waals surface area contributed by atoms with Gasteiger partial charge < -0.3 is 5.73 Å². The molecule has 0 aliphatic carbocycles. The molecule has 1 aromatic heterocycles. The number of thioether (sulfide) groups is 1. The van der Waals surface area contributed by atoms with Crippen LogP contribution in [-0.4, -0.2) is 14.8 Å². The zero-order valence-corrected chi connectivity index (χ0v) is 11.9. The number of nitrogens with zero attached hydrogens (tertiary/aromatic N) is 2. The molecule has 2 rings (SSSR count). The van der Waals surface area contributed by atoms with Gasteiger partial charge in [0.15, 0.2) is 5.16 Å². The highest BCUT2D eigenvalue weighted by Gasteiger charge is 2.13. The summed E-state index contributed by atoms with van der Waals surface area (Å²) in [6, 6.07) is 7.77. The first-order chi connectivity index (χ1) is 9.11. The lowest BCUT2D eigenvalue weighted by molar-refractivity contribution is 0.603. The van der Waals surface area contributed by atoms with Crippen molar-refractivity contribution in [2.45, 2.75) is 37.2 Å². The van der Waals surface area contributed by atoms with Crippen LogP contribution in [0.2, 0.25) is 0 Å². The summed E-state index contributed by atoms with van der Waals surface area (Å²) < 4.78 is 1.68. The number of nitrogen functional groups attached to an aromatic ring is 1. The van der Waals surface area contributed by atoms with Crippen molar-refractivity contribution < 1.29 is 0 Å². The minimum Gasteiger partial charge on any atom is -0.399 e. The van der Waals surface area contributed by atoms with Crippen LogP contribution >= 0.6 is 11.8 Å². The highest BCUT2D eigenvalue weighted by atomic mass is 32.2. The zero-order chi connectivity index (χ0) is 13.8. The number of rotatable bonds is 5. The molecule has 0 fully saturated rings. The first-order valence-electron chi connectivity index (χ1n) is 6.29. The molecular formula is C13H18N4OS. The molecule has 1 unspecified atom stereocenters. The Balaban J connectivity index is 2.16. The van der Waals surface area contributed by atoms with E-state index in [2.05, 4.69) is 17.1 Å². The standard InChI is InChI=1S/C13H18N4OS/c1-3-8-17-12(18)15-16-13(17)19-9(2)10-4-6-11(14)7-5-10/h4-7,9H,3,8,14H2,1-2H3,(H,15,18). The average Bonchev–Trinajstić information content (AvgIpc) is 2.73. The van der Waals surface area contributed by atoms with Crippen molar-refractivity contribution in [1.82, 2.24) is 14.8 Å². The van der Waals surface area contributed by atoms with Crippen LogP contribution in [0.5, 0.6) is 0 Å². The number of H-pyrrole nitrogens is 1. The predicted molar refractivity (Wildman–Crippen MR) is 78.3 cm³/mol. The maximum Gasteiger partial charge on any atom is 0.343 e. The van der Waals surface area contributed by atoms with E-state index in [1.165, 1.54) is 0 Å². The highest BCUT2D eigenvalue weighted by Crippen LogP contribution is 2.33. The molecule has 1 heterocycles. The summed E-state index contributed by atoms with van der Waals surface area (Å²) in [7, 11) is 0. The summed E-state index contributed by atoms with van der Waals surface area (Å²) >= 11 is 1.57. The van der Waals surface area contributed by atoms with Gasteiger partial charge in [-0.15, -0.1) is 5.10 Å². The van der Waals surface area contributed by atoms with Gasteiger partial charge in [-0.05, 0) is 31.0 Å². The summed E-state index contributed by atoms with van der Waals surface area (Å²) in [5.41, 5.74) is 7.45. The van der Waals surface area contributed by atoms with Crippen LogP contribution in [0.25, 0.3) is 0 Å². The second-order valence-corrected chi connectivity index (χ2v) is 5.70. The lowest BCUT2D eigenvalue weighted by Gasteiger charge is -2.11. The molecule has 1 atom stereocenters. The Hall–Kier alpha value is -1.69. The second-order valence-electron chi connectivity index (χ2n) is 4.39. The zero-order valence-electron chi connectivity index (χ0n) is 11.1. The third kappa shape index (κ3) is 3.20. The average molecular weight is 278 g/mol. The molecule has 19 heavy (non-hydrogen) atoms. The maximum atomic E-state index is 11.6. The van der Waals surface area contributed by atoms with Gasteiger partial charge in [0.05, 0.1) is 0 Å². The van der Waals surface area contributed by atoms with E-state index < -0.39 is 0 Å². The molecule has 3 N–H and O–H groups in total. The summed E-state index contributed by atoms with van der Waals surface area (Å²) in [4.78, 5) is 11.6. The van der Waals surface area contributed by atoms with Crippen molar-refractivity contribution in [1.29, 1.82) is 0 Å². The Kier molecular flexibility index (Phi) is 4.31. The van der Waals surface area contributed by atoms with E-state index in [9.17, 15) is 4.79 Å². The van der Waals surface area contributed by atoms with Gasteiger partial charge in [-0.1, -0.05) is 30.8 Å². The molecule has 0 spiro atoms. The van der Waals surface area contributed by atoms with Crippen molar-refractivity contribution in [3.8, 4) is 0 Å². The Labute approximate surface area is 116 Å². The predicted octanol–water partition coefficient (Wildman–Crippen LogP) is 2.42. The molecule has 0 saturated carbocycles. The van der Waals surface area contributed by atoms with Gasteiger partial charge in [0.2, 0.25) is 0 Å². The lowest BCUT2D eigenvalue weighted by Crippen LogP contribution is -2.17. The second kappa shape index (κ2) is 5.97. The van der Waals surface area contributed by atoms with Crippen LogP contribution < -0.4 is 11.4 Å². The van der Waals surface area contributed by atoms with E-state index in [0.29, 0.717) is 6.54 Å². The normalized spacial score (nSPS) is 12.5. The fourth-order valence-electron chi connectivity index (χ4n) is 1.81. The third-order valence-electron chi connectivity index (χ3n) is 2.86. The van der Waals surface area contributed by atoms with Crippen LogP contribution in [0.3, 0.4) is 0 Å². The van der Waals surface area contributed by atoms with Crippen molar-refractivity contribution in [2.75, 3.05) is 5.73 Å². The van der Waals surface area contributed by atoms with E-state index in [0.717, 1.165) is 22.8 Å². The van der Waals surface area contributed by atoms with Gasteiger partial charge in [0.25, 0.3) is 0 Å². The fraction of sp³-hybridized carbons (Fsp3) is 0.385. The Morgan fingerprint density at radius 1 is 1.42 bits per heavy atom. The smallest absolute Gasteiger partial charge is 0.343 e. The largest absolute Gasteiger partial charge is 0.399 e. The number of nitrogens with two attached hydrogens (primary N) is 1. The maximum absolute atomic E-state index is 11.6.